The Hall–Kier alpha value is -2.46. The van der Waals surface area contributed by atoms with Gasteiger partial charge in [-0.05, 0) is 40.0 Å². The number of furan rings is 1. The van der Waals surface area contributed by atoms with Crippen molar-refractivity contribution < 1.29 is 4.42 Å². The smallest absolute Gasteiger partial charge is 0.135 e. The Bertz CT molecular complexity index is 811. The highest BCUT2D eigenvalue weighted by atomic mass is 16.3. The summed E-state index contributed by atoms with van der Waals surface area (Å²) in [5, 5.41) is 4.34. The second-order valence-electron chi connectivity index (χ2n) is 5.73. The van der Waals surface area contributed by atoms with Crippen molar-refractivity contribution in [1.29, 1.82) is 0 Å². The molecule has 4 heteroatoms. The van der Waals surface area contributed by atoms with E-state index in [-0.39, 0.29) is 6.04 Å². The average molecular weight is 307 g/mol. The Kier molecular flexibility index (Phi) is 4.26. The fraction of sp³-hybridized carbons (Fsp3) is 0.263. The number of hydrogen-bond donors (Lipinski definition) is 1. The Morgan fingerprint density at radius 1 is 1.17 bits per heavy atom. The summed E-state index contributed by atoms with van der Waals surface area (Å²) in [7, 11) is 1.94. The Morgan fingerprint density at radius 2 is 1.87 bits per heavy atom. The second kappa shape index (κ2) is 6.34. The van der Waals surface area contributed by atoms with Crippen LogP contribution in [0, 0.1) is 13.8 Å². The number of benzene rings is 1. The zero-order valence-electron chi connectivity index (χ0n) is 13.9. The molecule has 0 aliphatic carbocycles. The summed E-state index contributed by atoms with van der Waals surface area (Å²) in [6.45, 7) is 6.12. The molecule has 0 spiro atoms. The second-order valence-corrected chi connectivity index (χ2v) is 5.73. The number of hydrogen-bond acceptors (Lipinski definition) is 4. The van der Waals surface area contributed by atoms with Gasteiger partial charge in [-0.1, -0.05) is 24.3 Å². The monoisotopic (exact) mass is 307 g/mol. The first-order valence-corrected chi connectivity index (χ1v) is 7.76. The number of rotatable bonds is 4. The zero-order valence-corrected chi connectivity index (χ0v) is 13.9. The number of nitrogens with zero attached hydrogens (tertiary/aromatic N) is 2. The molecule has 2 aromatic heterocycles. The van der Waals surface area contributed by atoms with Gasteiger partial charge in [-0.15, -0.1) is 0 Å². The van der Waals surface area contributed by atoms with E-state index in [1.54, 1.807) is 6.33 Å². The lowest BCUT2D eigenvalue weighted by atomic mass is 9.98. The van der Waals surface area contributed by atoms with E-state index in [0.29, 0.717) is 0 Å². The Morgan fingerprint density at radius 3 is 2.52 bits per heavy atom. The van der Waals surface area contributed by atoms with Crippen molar-refractivity contribution in [2.75, 3.05) is 7.05 Å². The van der Waals surface area contributed by atoms with Crippen LogP contribution in [0.15, 0.2) is 47.2 Å². The molecule has 0 saturated heterocycles. The van der Waals surface area contributed by atoms with E-state index in [9.17, 15) is 0 Å². The van der Waals surface area contributed by atoms with Crippen LogP contribution in [0.3, 0.4) is 0 Å². The van der Waals surface area contributed by atoms with Gasteiger partial charge in [0.1, 0.15) is 17.7 Å². The SMILES string of the molecule is CN[C@H](C)/C=C(/c1cc2ccccc2o1)c1c(C)ncnc1C. The minimum atomic E-state index is 0.206. The Balaban J connectivity index is 2.22. The molecule has 4 nitrogen and oxygen atoms in total. The summed E-state index contributed by atoms with van der Waals surface area (Å²) in [4.78, 5) is 8.72. The highest BCUT2D eigenvalue weighted by Crippen LogP contribution is 2.31. The molecule has 1 aromatic carbocycles. The van der Waals surface area contributed by atoms with Crippen LogP contribution in [-0.2, 0) is 0 Å². The maximum atomic E-state index is 6.09. The van der Waals surface area contributed by atoms with Crippen LogP contribution in [-0.4, -0.2) is 23.1 Å². The summed E-state index contributed by atoms with van der Waals surface area (Å²) in [6, 6.07) is 10.3. The van der Waals surface area contributed by atoms with Crippen molar-refractivity contribution in [3.8, 4) is 0 Å². The fourth-order valence-corrected chi connectivity index (χ4v) is 2.72. The minimum Gasteiger partial charge on any atom is -0.456 e. The number of aromatic nitrogens is 2. The largest absolute Gasteiger partial charge is 0.456 e. The molecule has 0 amide bonds. The Labute approximate surface area is 136 Å². The first-order valence-electron chi connectivity index (χ1n) is 7.76. The van der Waals surface area contributed by atoms with Crippen LogP contribution in [0.4, 0.5) is 0 Å². The topological polar surface area (TPSA) is 51.0 Å². The third-order valence-electron chi connectivity index (χ3n) is 4.06. The van der Waals surface area contributed by atoms with Gasteiger partial charge in [0.25, 0.3) is 0 Å². The lowest BCUT2D eigenvalue weighted by Crippen LogP contribution is -2.19. The van der Waals surface area contributed by atoms with Crippen molar-refractivity contribution in [2.24, 2.45) is 0 Å². The highest BCUT2D eigenvalue weighted by Gasteiger charge is 2.17. The molecule has 0 saturated carbocycles. The number of para-hydroxylation sites is 1. The van der Waals surface area contributed by atoms with Crippen molar-refractivity contribution in [3.63, 3.8) is 0 Å². The molecular formula is C19H21N3O. The van der Waals surface area contributed by atoms with Gasteiger partial charge in [0.2, 0.25) is 0 Å². The van der Waals surface area contributed by atoms with Gasteiger partial charge >= 0.3 is 0 Å². The van der Waals surface area contributed by atoms with E-state index in [4.69, 9.17) is 4.42 Å². The van der Waals surface area contributed by atoms with Gasteiger partial charge in [-0.3, -0.25) is 0 Å². The van der Waals surface area contributed by atoms with Crippen molar-refractivity contribution in [1.82, 2.24) is 15.3 Å². The molecule has 23 heavy (non-hydrogen) atoms. The van der Waals surface area contributed by atoms with Gasteiger partial charge in [0, 0.05) is 34.0 Å². The highest BCUT2D eigenvalue weighted by molar-refractivity contribution is 5.87. The standard InChI is InChI=1S/C19H21N3O/c1-12(20-4)9-16(19-13(2)21-11-22-14(19)3)18-10-15-7-5-6-8-17(15)23-18/h5-12,20H,1-4H3/b16-9-/t12-/m1/s1. The number of fused-ring (bicyclic) bond motifs is 1. The van der Waals surface area contributed by atoms with Crippen LogP contribution >= 0.6 is 0 Å². The van der Waals surface area contributed by atoms with E-state index in [2.05, 4.69) is 40.4 Å². The van der Waals surface area contributed by atoms with Crippen LogP contribution in [0.1, 0.15) is 29.6 Å². The van der Waals surface area contributed by atoms with Crippen LogP contribution < -0.4 is 5.32 Å². The normalized spacial score (nSPS) is 13.5. The number of nitrogens with one attached hydrogen (secondary N) is 1. The molecule has 2 heterocycles. The third-order valence-corrected chi connectivity index (χ3v) is 4.06. The minimum absolute atomic E-state index is 0.206. The molecule has 0 aliphatic rings. The molecule has 0 bridgehead atoms. The molecule has 3 rings (SSSR count). The van der Waals surface area contributed by atoms with Gasteiger partial charge in [0.15, 0.2) is 0 Å². The fourth-order valence-electron chi connectivity index (χ4n) is 2.72. The molecule has 1 atom stereocenters. The van der Waals surface area contributed by atoms with Gasteiger partial charge in [-0.2, -0.15) is 0 Å². The molecule has 0 unspecified atom stereocenters. The lowest BCUT2D eigenvalue weighted by Gasteiger charge is -2.13. The third kappa shape index (κ3) is 3.03. The summed E-state index contributed by atoms with van der Waals surface area (Å²) in [5.74, 6) is 0.842. The van der Waals surface area contributed by atoms with E-state index in [1.807, 2.05) is 39.1 Å². The zero-order chi connectivity index (χ0) is 16.4. The first-order chi connectivity index (χ1) is 11.1. The molecular weight excluding hydrogens is 286 g/mol. The van der Waals surface area contributed by atoms with Crippen molar-refractivity contribution >= 4 is 16.5 Å². The van der Waals surface area contributed by atoms with Crippen molar-refractivity contribution in [3.05, 3.63) is 65.4 Å². The molecule has 1 N–H and O–H groups in total. The van der Waals surface area contributed by atoms with Gasteiger partial charge in [0.05, 0.1) is 0 Å². The van der Waals surface area contributed by atoms with Crippen LogP contribution in [0.2, 0.25) is 0 Å². The van der Waals surface area contributed by atoms with Crippen molar-refractivity contribution in [2.45, 2.75) is 26.8 Å². The maximum absolute atomic E-state index is 6.09. The first kappa shape index (κ1) is 15.4. The van der Waals surface area contributed by atoms with E-state index in [0.717, 1.165) is 39.3 Å². The summed E-state index contributed by atoms with van der Waals surface area (Å²) in [5.41, 5.74) is 4.85. The van der Waals surface area contributed by atoms with E-state index >= 15 is 0 Å². The summed E-state index contributed by atoms with van der Waals surface area (Å²) >= 11 is 0. The molecule has 3 aromatic rings. The predicted octanol–water partition coefficient (Wildman–Crippen LogP) is 3.88. The number of aryl methyl sites for hydroxylation is 2. The number of likely N-dealkylation sites (N-methyl/N-ethyl adjacent to an activating group) is 1. The summed E-state index contributed by atoms with van der Waals surface area (Å²) in [6.07, 6.45) is 3.77. The average Bonchev–Trinajstić information content (AvgIpc) is 2.97. The van der Waals surface area contributed by atoms with Gasteiger partial charge in [-0.25, -0.2) is 9.97 Å². The van der Waals surface area contributed by atoms with E-state index < -0.39 is 0 Å². The molecule has 118 valence electrons. The molecule has 0 aliphatic heterocycles. The maximum Gasteiger partial charge on any atom is 0.135 e. The van der Waals surface area contributed by atoms with E-state index in [1.165, 1.54) is 0 Å². The molecule has 0 radical (unpaired) electrons. The molecule has 0 fully saturated rings. The van der Waals surface area contributed by atoms with Crippen LogP contribution in [0.25, 0.3) is 16.5 Å². The summed E-state index contributed by atoms with van der Waals surface area (Å²) < 4.78 is 6.09. The lowest BCUT2D eigenvalue weighted by molar-refractivity contribution is 0.598. The van der Waals surface area contributed by atoms with Gasteiger partial charge < -0.3 is 9.73 Å². The quantitative estimate of drug-likeness (QED) is 0.794. The predicted molar refractivity (Wildman–Crippen MR) is 93.3 cm³/mol. The van der Waals surface area contributed by atoms with Crippen LogP contribution in [0.5, 0.6) is 0 Å².